The Morgan fingerprint density at radius 2 is 1.72 bits per heavy atom. The molecule has 0 saturated heterocycles. The lowest BCUT2D eigenvalue weighted by Gasteiger charge is -2.39. The highest BCUT2D eigenvalue weighted by molar-refractivity contribution is 6.30. The molecule has 1 aromatic carbocycles. The van der Waals surface area contributed by atoms with Crippen molar-refractivity contribution in [2.24, 2.45) is 0 Å². The van der Waals surface area contributed by atoms with Gasteiger partial charge in [-0.1, -0.05) is 43.0 Å². The molecule has 100 valence electrons. The average molecular weight is 274 g/mol. The zero-order chi connectivity index (χ0) is 13.0. The molecular formula is C14H18ClF2N. The molecule has 0 atom stereocenters. The van der Waals surface area contributed by atoms with Gasteiger partial charge in [0.15, 0.2) is 0 Å². The van der Waals surface area contributed by atoms with E-state index in [9.17, 15) is 8.78 Å². The fraction of sp³-hybridized carbons (Fsp3) is 0.571. The van der Waals surface area contributed by atoms with Gasteiger partial charge < -0.3 is 5.32 Å². The minimum atomic E-state index is -2.31. The molecule has 0 unspecified atom stereocenters. The van der Waals surface area contributed by atoms with Gasteiger partial charge in [-0.05, 0) is 30.5 Å². The second-order valence-corrected chi connectivity index (χ2v) is 5.36. The Hall–Kier alpha value is -0.670. The maximum Gasteiger partial charge on any atom is 0.250 e. The van der Waals surface area contributed by atoms with Crippen molar-refractivity contribution in [2.45, 2.75) is 44.1 Å². The van der Waals surface area contributed by atoms with Gasteiger partial charge in [-0.15, -0.1) is 0 Å². The van der Waals surface area contributed by atoms with Crippen LogP contribution in [-0.4, -0.2) is 13.0 Å². The van der Waals surface area contributed by atoms with E-state index in [1.165, 1.54) is 6.42 Å². The molecule has 0 amide bonds. The lowest BCUT2D eigenvalue weighted by molar-refractivity contribution is 0.117. The van der Waals surface area contributed by atoms with E-state index in [2.05, 4.69) is 5.32 Å². The van der Waals surface area contributed by atoms with Crippen LogP contribution < -0.4 is 5.32 Å². The SMILES string of the molecule is FC(F)CNC1(c2ccc(Cl)cc2)CCCCC1. The predicted octanol–water partition coefficient (Wildman–Crippen LogP) is 4.35. The third-order valence-corrected chi connectivity index (χ3v) is 3.95. The molecule has 0 aromatic heterocycles. The van der Waals surface area contributed by atoms with Crippen LogP contribution in [0, 0.1) is 0 Å². The topological polar surface area (TPSA) is 12.0 Å². The quantitative estimate of drug-likeness (QED) is 0.860. The minimum Gasteiger partial charge on any atom is -0.302 e. The first-order valence-electron chi connectivity index (χ1n) is 6.42. The van der Waals surface area contributed by atoms with Crippen LogP contribution in [0.2, 0.25) is 5.02 Å². The second kappa shape index (κ2) is 5.98. The van der Waals surface area contributed by atoms with Crippen LogP contribution in [0.4, 0.5) is 8.78 Å². The van der Waals surface area contributed by atoms with Crippen molar-refractivity contribution in [2.75, 3.05) is 6.54 Å². The molecule has 0 bridgehead atoms. The highest BCUT2D eigenvalue weighted by Crippen LogP contribution is 2.37. The molecular weight excluding hydrogens is 256 g/mol. The molecule has 4 heteroatoms. The molecule has 1 nitrogen and oxygen atoms in total. The molecule has 0 aliphatic heterocycles. The van der Waals surface area contributed by atoms with Gasteiger partial charge in [0, 0.05) is 10.6 Å². The van der Waals surface area contributed by atoms with E-state index >= 15 is 0 Å². The monoisotopic (exact) mass is 273 g/mol. The standard InChI is InChI=1S/C14H18ClF2N/c15-12-6-4-11(5-7-12)14(18-10-13(16)17)8-2-1-3-9-14/h4-7,13,18H,1-3,8-10H2. The first-order chi connectivity index (χ1) is 8.62. The number of halogens is 3. The smallest absolute Gasteiger partial charge is 0.250 e. The van der Waals surface area contributed by atoms with Crippen molar-refractivity contribution in [1.29, 1.82) is 0 Å². The summed E-state index contributed by atoms with van der Waals surface area (Å²) >= 11 is 5.88. The van der Waals surface area contributed by atoms with E-state index in [0.717, 1.165) is 31.2 Å². The summed E-state index contributed by atoms with van der Waals surface area (Å²) in [6.45, 7) is -0.247. The van der Waals surface area contributed by atoms with Gasteiger partial charge >= 0.3 is 0 Å². The highest BCUT2D eigenvalue weighted by atomic mass is 35.5. The number of hydrogen-bond acceptors (Lipinski definition) is 1. The molecule has 0 spiro atoms. The Bertz CT molecular complexity index is 372. The summed E-state index contributed by atoms with van der Waals surface area (Å²) in [5.41, 5.74) is 0.784. The number of benzene rings is 1. The molecule has 1 N–H and O–H groups in total. The first-order valence-corrected chi connectivity index (χ1v) is 6.79. The van der Waals surface area contributed by atoms with Crippen LogP contribution in [-0.2, 0) is 5.54 Å². The molecule has 1 saturated carbocycles. The number of nitrogens with one attached hydrogen (secondary N) is 1. The summed E-state index contributed by atoms with van der Waals surface area (Å²) < 4.78 is 24.9. The lowest BCUT2D eigenvalue weighted by atomic mass is 9.76. The first kappa shape index (κ1) is 13.8. The molecule has 1 fully saturated rings. The molecule has 1 aliphatic rings. The van der Waals surface area contributed by atoms with Crippen LogP contribution in [0.15, 0.2) is 24.3 Å². The zero-order valence-electron chi connectivity index (χ0n) is 10.3. The van der Waals surface area contributed by atoms with E-state index in [4.69, 9.17) is 11.6 Å². The van der Waals surface area contributed by atoms with E-state index in [1.54, 1.807) is 0 Å². The highest BCUT2D eigenvalue weighted by Gasteiger charge is 2.33. The van der Waals surface area contributed by atoms with Crippen LogP contribution in [0.3, 0.4) is 0 Å². The molecule has 2 rings (SSSR count). The van der Waals surface area contributed by atoms with E-state index in [1.807, 2.05) is 24.3 Å². The third-order valence-electron chi connectivity index (χ3n) is 3.70. The maximum absolute atomic E-state index is 12.5. The van der Waals surface area contributed by atoms with Crippen molar-refractivity contribution in [3.63, 3.8) is 0 Å². The van der Waals surface area contributed by atoms with Crippen molar-refractivity contribution >= 4 is 11.6 Å². The third kappa shape index (κ3) is 3.21. The Labute approximate surface area is 112 Å². The zero-order valence-corrected chi connectivity index (χ0v) is 11.0. The van der Waals surface area contributed by atoms with E-state index < -0.39 is 6.43 Å². The minimum absolute atomic E-state index is 0.247. The summed E-state index contributed by atoms with van der Waals surface area (Å²) in [5, 5.41) is 3.76. The maximum atomic E-state index is 12.5. The van der Waals surface area contributed by atoms with Gasteiger partial charge in [-0.25, -0.2) is 8.78 Å². The van der Waals surface area contributed by atoms with Crippen LogP contribution >= 0.6 is 11.6 Å². The van der Waals surface area contributed by atoms with Gasteiger partial charge in [0.2, 0.25) is 0 Å². The Balaban J connectivity index is 2.20. The van der Waals surface area contributed by atoms with E-state index in [-0.39, 0.29) is 12.1 Å². The normalized spacial score (nSPS) is 19.1. The molecule has 0 radical (unpaired) electrons. The van der Waals surface area contributed by atoms with Gasteiger partial charge in [0.25, 0.3) is 6.43 Å². The predicted molar refractivity (Wildman–Crippen MR) is 70.2 cm³/mol. The van der Waals surface area contributed by atoms with Crippen LogP contribution in [0.5, 0.6) is 0 Å². The van der Waals surface area contributed by atoms with Gasteiger partial charge in [-0.3, -0.25) is 0 Å². The summed E-state index contributed by atoms with van der Waals surface area (Å²) in [4.78, 5) is 0. The summed E-state index contributed by atoms with van der Waals surface area (Å²) in [7, 11) is 0. The summed E-state index contributed by atoms with van der Waals surface area (Å²) in [5.74, 6) is 0. The largest absolute Gasteiger partial charge is 0.302 e. The molecule has 18 heavy (non-hydrogen) atoms. The second-order valence-electron chi connectivity index (χ2n) is 4.92. The fourth-order valence-corrected chi connectivity index (χ4v) is 2.89. The molecule has 1 aromatic rings. The van der Waals surface area contributed by atoms with Crippen molar-refractivity contribution < 1.29 is 8.78 Å². The summed E-state index contributed by atoms with van der Waals surface area (Å²) in [6.07, 6.45) is 2.88. The Morgan fingerprint density at radius 1 is 1.11 bits per heavy atom. The average Bonchev–Trinajstić information content (AvgIpc) is 2.38. The number of rotatable bonds is 4. The van der Waals surface area contributed by atoms with Gasteiger partial charge in [-0.2, -0.15) is 0 Å². The van der Waals surface area contributed by atoms with Crippen LogP contribution in [0.1, 0.15) is 37.7 Å². The van der Waals surface area contributed by atoms with Crippen molar-refractivity contribution in [1.82, 2.24) is 5.32 Å². The Morgan fingerprint density at radius 3 is 2.28 bits per heavy atom. The molecule has 0 heterocycles. The molecule has 1 aliphatic carbocycles. The van der Waals surface area contributed by atoms with Crippen molar-refractivity contribution in [3.8, 4) is 0 Å². The number of hydrogen-bond donors (Lipinski definition) is 1. The van der Waals surface area contributed by atoms with Gasteiger partial charge in [0.1, 0.15) is 0 Å². The fourth-order valence-electron chi connectivity index (χ4n) is 2.76. The Kier molecular flexibility index (Phi) is 4.57. The summed E-state index contributed by atoms with van der Waals surface area (Å²) in [6, 6.07) is 7.56. The van der Waals surface area contributed by atoms with Crippen LogP contribution in [0.25, 0.3) is 0 Å². The van der Waals surface area contributed by atoms with Gasteiger partial charge in [0.05, 0.1) is 6.54 Å². The van der Waals surface area contributed by atoms with E-state index in [0.29, 0.717) is 5.02 Å². The lowest BCUT2D eigenvalue weighted by Crippen LogP contribution is -2.45. The van der Waals surface area contributed by atoms with Crippen molar-refractivity contribution in [3.05, 3.63) is 34.9 Å². The number of alkyl halides is 2.